The molecule has 12 aromatic rings. The standard InChI is InChI=1S/C55H33N3O/c1-3-15-34(16-4-1)38-29-30-46(43-23-11-7-19-39(38)43)54-56-53(35-17-5-2-6-18-35)57-55(58-54)49-32-37(33-51-52(49)47-25-13-14-26-50(47)59-51)36-27-28-45-42-22-9-8-20-40(42)41-21-10-12-24-44(41)48(45)31-36/h1-33H. The van der Waals surface area contributed by atoms with Crippen molar-refractivity contribution < 1.29 is 4.42 Å². The summed E-state index contributed by atoms with van der Waals surface area (Å²) in [5.74, 6) is 1.80. The molecular formula is C55H33N3O. The smallest absolute Gasteiger partial charge is 0.164 e. The Hall–Kier alpha value is -7.95. The fourth-order valence-electron chi connectivity index (χ4n) is 8.98. The second kappa shape index (κ2) is 13.3. The summed E-state index contributed by atoms with van der Waals surface area (Å²) in [6, 6.07) is 70.4. The van der Waals surface area contributed by atoms with Crippen LogP contribution in [0.4, 0.5) is 0 Å². The Morgan fingerprint density at radius 2 is 0.746 bits per heavy atom. The Labute approximate surface area is 339 Å². The van der Waals surface area contributed by atoms with Gasteiger partial charge in [0.05, 0.1) is 0 Å². The summed E-state index contributed by atoms with van der Waals surface area (Å²) in [7, 11) is 0. The quantitative estimate of drug-likeness (QED) is 0.164. The van der Waals surface area contributed by atoms with Crippen LogP contribution in [0.15, 0.2) is 205 Å². The van der Waals surface area contributed by atoms with E-state index in [9.17, 15) is 0 Å². The lowest BCUT2D eigenvalue weighted by Crippen LogP contribution is -2.01. The molecule has 4 heteroatoms. The number of aromatic nitrogens is 3. The van der Waals surface area contributed by atoms with Gasteiger partial charge in [0.1, 0.15) is 11.2 Å². The normalized spacial score (nSPS) is 11.7. The number of benzene rings is 10. The van der Waals surface area contributed by atoms with Crippen molar-refractivity contribution in [2.75, 3.05) is 0 Å². The number of para-hydroxylation sites is 1. The lowest BCUT2D eigenvalue weighted by Gasteiger charge is -2.14. The lowest BCUT2D eigenvalue weighted by molar-refractivity contribution is 0.669. The zero-order chi connectivity index (χ0) is 38.9. The molecule has 0 fully saturated rings. The van der Waals surface area contributed by atoms with Crippen molar-refractivity contribution in [1.82, 2.24) is 15.0 Å². The molecule has 274 valence electrons. The third-order valence-corrected chi connectivity index (χ3v) is 11.7. The maximum Gasteiger partial charge on any atom is 0.164 e. The average Bonchev–Trinajstić information content (AvgIpc) is 3.70. The first-order chi connectivity index (χ1) is 29.2. The number of hydrogen-bond donors (Lipinski definition) is 0. The van der Waals surface area contributed by atoms with Crippen molar-refractivity contribution in [3.8, 4) is 56.4 Å². The van der Waals surface area contributed by atoms with Gasteiger partial charge in [-0.15, -0.1) is 0 Å². The molecule has 0 N–H and O–H groups in total. The molecule has 59 heavy (non-hydrogen) atoms. The molecule has 2 aromatic heterocycles. The Kier molecular flexibility index (Phi) is 7.50. The van der Waals surface area contributed by atoms with Gasteiger partial charge in [0.2, 0.25) is 0 Å². The van der Waals surface area contributed by atoms with E-state index in [1.54, 1.807) is 0 Å². The van der Waals surface area contributed by atoms with Crippen molar-refractivity contribution >= 4 is 65.0 Å². The molecule has 0 amide bonds. The molecule has 10 aromatic carbocycles. The van der Waals surface area contributed by atoms with Crippen LogP contribution in [0.5, 0.6) is 0 Å². The Balaban J connectivity index is 1.13. The van der Waals surface area contributed by atoms with Crippen molar-refractivity contribution in [3.63, 3.8) is 0 Å². The maximum atomic E-state index is 6.66. The van der Waals surface area contributed by atoms with Crippen molar-refractivity contribution in [2.45, 2.75) is 0 Å². The average molecular weight is 752 g/mol. The van der Waals surface area contributed by atoms with E-state index in [1.807, 2.05) is 30.3 Å². The molecule has 0 unspecified atom stereocenters. The minimum Gasteiger partial charge on any atom is -0.456 e. The van der Waals surface area contributed by atoms with Crippen molar-refractivity contribution in [1.29, 1.82) is 0 Å². The Morgan fingerprint density at radius 1 is 0.254 bits per heavy atom. The lowest BCUT2D eigenvalue weighted by atomic mass is 9.91. The van der Waals surface area contributed by atoms with Crippen LogP contribution in [0.25, 0.3) is 121 Å². The first-order valence-corrected chi connectivity index (χ1v) is 19.9. The molecule has 4 nitrogen and oxygen atoms in total. The fraction of sp³-hybridized carbons (Fsp3) is 0. The minimum absolute atomic E-state index is 0.584. The monoisotopic (exact) mass is 751 g/mol. The van der Waals surface area contributed by atoms with Gasteiger partial charge in [-0.3, -0.25) is 0 Å². The third kappa shape index (κ3) is 5.42. The van der Waals surface area contributed by atoms with Crippen molar-refractivity contribution in [2.24, 2.45) is 0 Å². The van der Waals surface area contributed by atoms with E-state index in [-0.39, 0.29) is 0 Å². The third-order valence-electron chi connectivity index (χ3n) is 11.7. The largest absolute Gasteiger partial charge is 0.456 e. The summed E-state index contributed by atoms with van der Waals surface area (Å²) >= 11 is 0. The van der Waals surface area contributed by atoms with Gasteiger partial charge in [-0.2, -0.15) is 0 Å². The highest BCUT2D eigenvalue weighted by Crippen LogP contribution is 2.43. The molecule has 0 aliphatic carbocycles. The molecule has 0 aliphatic heterocycles. The van der Waals surface area contributed by atoms with Gasteiger partial charge in [-0.05, 0) is 95.7 Å². The molecule has 0 atom stereocenters. The molecule has 0 spiro atoms. The minimum atomic E-state index is 0.584. The van der Waals surface area contributed by atoms with Crippen molar-refractivity contribution in [3.05, 3.63) is 200 Å². The predicted molar refractivity (Wildman–Crippen MR) is 244 cm³/mol. The number of furan rings is 1. The summed E-state index contributed by atoms with van der Waals surface area (Å²) in [6.45, 7) is 0. The molecular weight excluding hydrogens is 719 g/mol. The van der Waals surface area contributed by atoms with E-state index in [1.165, 1.54) is 32.3 Å². The molecule has 0 aliphatic rings. The van der Waals surface area contributed by atoms with Gasteiger partial charge >= 0.3 is 0 Å². The van der Waals surface area contributed by atoms with E-state index >= 15 is 0 Å². The van der Waals surface area contributed by atoms with Crippen LogP contribution in [0.3, 0.4) is 0 Å². The number of hydrogen-bond acceptors (Lipinski definition) is 4. The van der Waals surface area contributed by atoms with Crippen LogP contribution in [-0.4, -0.2) is 15.0 Å². The van der Waals surface area contributed by atoms with Crippen LogP contribution < -0.4 is 0 Å². The van der Waals surface area contributed by atoms with Gasteiger partial charge in [0.25, 0.3) is 0 Å². The number of fused-ring (bicyclic) bond motifs is 10. The van der Waals surface area contributed by atoms with Gasteiger partial charge in [-0.1, -0.05) is 170 Å². The van der Waals surface area contributed by atoms with E-state index in [4.69, 9.17) is 19.4 Å². The highest BCUT2D eigenvalue weighted by molar-refractivity contribution is 6.26. The van der Waals surface area contributed by atoms with Crippen LogP contribution in [0, 0.1) is 0 Å². The molecule has 12 rings (SSSR count). The number of rotatable bonds is 5. The fourth-order valence-corrected chi connectivity index (χ4v) is 8.98. The van der Waals surface area contributed by atoms with Crippen LogP contribution in [-0.2, 0) is 0 Å². The first kappa shape index (κ1) is 33.2. The summed E-state index contributed by atoms with van der Waals surface area (Å²) in [5.41, 5.74) is 8.78. The van der Waals surface area contributed by atoms with E-state index in [0.717, 1.165) is 71.7 Å². The summed E-state index contributed by atoms with van der Waals surface area (Å²) in [4.78, 5) is 15.9. The number of nitrogens with zero attached hydrogens (tertiary/aromatic N) is 3. The van der Waals surface area contributed by atoms with E-state index < -0.39 is 0 Å². The molecule has 0 saturated heterocycles. The maximum absolute atomic E-state index is 6.66. The second-order valence-electron chi connectivity index (χ2n) is 15.1. The molecule has 0 bridgehead atoms. The molecule has 0 saturated carbocycles. The van der Waals surface area contributed by atoms with Crippen LogP contribution in [0.1, 0.15) is 0 Å². The predicted octanol–water partition coefficient (Wildman–Crippen LogP) is 14.7. The first-order valence-electron chi connectivity index (χ1n) is 19.9. The van der Waals surface area contributed by atoms with E-state index in [2.05, 4.69) is 170 Å². The zero-order valence-corrected chi connectivity index (χ0v) is 31.8. The topological polar surface area (TPSA) is 51.8 Å². The Morgan fingerprint density at radius 3 is 1.42 bits per heavy atom. The van der Waals surface area contributed by atoms with Crippen LogP contribution in [0.2, 0.25) is 0 Å². The molecule has 0 radical (unpaired) electrons. The van der Waals surface area contributed by atoms with Gasteiger partial charge < -0.3 is 4.42 Å². The van der Waals surface area contributed by atoms with Gasteiger partial charge in [-0.25, -0.2) is 15.0 Å². The highest BCUT2D eigenvalue weighted by atomic mass is 16.3. The van der Waals surface area contributed by atoms with Gasteiger partial charge in [0, 0.05) is 27.5 Å². The summed E-state index contributed by atoms with van der Waals surface area (Å²) in [6.07, 6.45) is 0. The molecule has 2 heterocycles. The van der Waals surface area contributed by atoms with Gasteiger partial charge in [0.15, 0.2) is 17.5 Å². The zero-order valence-electron chi connectivity index (χ0n) is 31.8. The van der Waals surface area contributed by atoms with Crippen LogP contribution >= 0.6 is 0 Å². The second-order valence-corrected chi connectivity index (χ2v) is 15.1. The summed E-state index contributed by atoms with van der Waals surface area (Å²) in [5, 5.41) is 11.6. The highest BCUT2D eigenvalue weighted by Gasteiger charge is 2.21. The van der Waals surface area contributed by atoms with E-state index in [0.29, 0.717) is 17.5 Å². The summed E-state index contributed by atoms with van der Waals surface area (Å²) < 4.78 is 6.66. The SMILES string of the molecule is c1ccc(-c2nc(-c3ccc(-c4ccccc4)c4ccccc34)nc(-c3cc(-c4ccc5c6ccccc6c6ccccc6c5c4)cc4oc5ccccc5c34)n2)cc1. The Bertz CT molecular complexity index is 3580.